The second-order valence-electron chi connectivity index (χ2n) is 6.84. The molecule has 1 saturated heterocycles. The van der Waals surface area contributed by atoms with E-state index in [0.29, 0.717) is 36.2 Å². The van der Waals surface area contributed by atoms with Crippen molar-refractivity contribution >= 4 is 33.2 Å². The highest BCUT2D eigenvalue weighted by Gasteiger charge is 2.28. The average molecular weight is 469 g/mol. The number of rotatable bonds is 8. The van der Waals surface area contributed by atoms with E-state index in [1.54, 1.807) is 24.3 Å². The Morgan fingerprint density at radius 2 is 1.97 bits per heavy atom. The van der Waals surface area contributed by atoms with Crippen molar-refractivity contribution in [2.24, 2.45) is 0 Å². The van der Waals surface area contributed by atoms with Gasteiger partial charge in [0.2, 0.25) is 10.0 Å². The minimum absolute atomic E-state index is 0.0642. The Morgan fingerprint density at radius 3 is 2.61 bits per heavy atom. The van der Waals surface area contributed by atoms with Gasteiger partial charge in [-0.25, -0.2) is 8.42 Å². The van der Waals surface area contributed by atoms with Crippen LogP contribution in [0.3, 0.4) is 0 Å². The number of nitrogens with one attached hydrogen (secondary N) is 1. The zero-order chi connectivity index (χ0) is 22.4. The molecule has 10 heteroatoms. The topological polar surface area (TPSA) is 94.2 Å². The molecule has 0 radical (unpaired) electrons. The number of nitrogens with zero attached hydrogens (tertiary/aromatic N) is 1. The summed E-state index contributed by atoms with van der Waals surface area (Å²) in [4.78, 5) is 12.9. The van der Waals surface area contributed by atoms with Crippen LogP contribution in [0.4, 0.5) is 5.69 Å². The number of carbonyl (C=O) groups excluding carboxylic acids is 1. The van der Waals surface area contributed by atoms with E-state index in [1.807, 2.05) is 6.92 Å². The quantitative estimate of drug-likeness (QED) is 0.639. The molecule has 1 amide bonds. The minimum Gasteiger partial charge on any atom is -0.495 e. The van der Waals surface area contributed by atoms with E-state index in [-0.39, 0.29) is 23.7 Å². The Hall–Kier alpha value is -2.33. The fourth-order valence-electron chi connectivity index (χ4n) is 3.12. The molecule has 2 aromatic rings. The predicted molar refractivity (Wildman–Crippen MR) is 117 cm³/mol. The predicted octanol–water partition coefficient (Wildman–Crippen LogP) is 3.17. The molecule has 0 unspecified atom stereocenters. The molecular weight excluding hydrogens is 444 g/mol. The summed E-state index contributed by atoms with van der Waals surface area (Å²) in [6, 6.07) is 11.1. The van der Waals surface area contributed by atoms with E-state index >= 15 is 0 Å². The first kappa shape index (κ1) is 23.3. The molecule has 1 aliphatic rings. The lowest BCUT2D eigenvalue weighted by molar-refractivity contribution is -0.122. The number of halogens is 1. The van der Waals surface area contributed by atoms with Crippen LogP contribution >= 0.6 is 11.6 Å². The SMILES string of the molecule is CC[C@@H](Oc1cccc(Cl)c1)C(=O)Nc1cc(S(=O)(=O)N2CCOCC2)ccc1OC. The van der Waals surface area contributed by atoms with Crippen LogP contribution in [0.1, 0.15) is 13.3 Å². The van der Waals surface area contributed by atoms with Crippen LogP contribution in [0.25, 0.3) is 0 Å². The van der Waals surface area contributed by atoms with Gasteiger partial charge in [-0.15, -0.1) is 0 Å². The molecule has 1 aliphatic heterocycles. The van der Waals surface area contributed by atoms with Gasteiger partial charge in [0.1, 0.15) is 11.5 Å². The molecule has 0 aliphatic carbocycles. The fourth-order valence-corrected chi connectivity index (χ4v) is 4.74. The van der Waals surface area contributed by atoms with Gasteiger partial charge in [0.25, 0.3) is 5.91 Å². The Balaban J connectivity index is 1.82. The Labute approximate surface area is 187 Å². The van der Waals surface area contributed by atoms with E-state index in [0.717, 1.165) is 0 Å². The third-order valence-corrected chi connectivity index (χ3v) is 6.90. The number of morpholine rings is 1. The molecule has 1 N–H and O–H groups in total. The summed E-state index contributed by atoms with van der Waals surface area (Å²) in [7, 11) is -2.28. The van der Waals surface area contributed by atoms with Crippen LogP contribution in [0.15, 0.2) is 47.4 Å². The molecule has 1 heterocycles. The van der Waals surface area contributed by atoms with Crippen LogP contribution in [0.5, 0.6) is 11.5 Å². The average Bonchev–Trinajstić information content (AvgIpc) is 2.78. The second kappa shape index (κ2) is 10.3. The number of hydrogen-bond acceptors (Lipinski definition) is 6. The first-order valence-corrected chi connectivity index (χ1v) is 11.7. The third-order valence-electron chi connectivity index (χ3n) is 4.77. The van der Waals surface area contributed by atoms with Gasteiger partial charge in [0.15, 0.2) is 6.10 Å². The number of sulfonamides is 1. The lowest BCUT2D eigenvalue weighted by Gasteiger charge is -2.26. The molecule has 31 heavy (non-hydrogen) atoms. The maximum Gasteiger partial charge on any atom is 0.265 e. The first-order valence-electron chi connectivity index (χ1n) is 9.84. The van der Waals surface area contributed by atoms with Crippen LogP contribution in [0.2, 0.25) is 5.02 Å². The largest absolute Gasteiger partial charge is 0.495 e. The van der Waals surface area contributed by atoms with Crippen molar-refractivity contribution in [3.63, 3.8) is 0 Å². The molecule has 8 nitrogen and oxygen atoms in total. The zero-order valence-corrected chi connectivity index (χ0v) is 18.9. The number of anilines is 1. The van der Waals surface area contributed by atoms with Crippen molar-refractivity contribution < 1.29 is 27.4 Å². The second-order valence-corrected chi connectivity index (χ2v) is 9.21. The molecule has 1 fully saturated rings. The van der Waals surface area contributed by atoms with Gasteiger partial charge in [-0.1, -0.05) is 24.6 Å². The fraction of sp³-hybridized carbons (Fsp3) is 0.381. The van der Waals surface area contributed by atoms with Gasteiger partial charge < -0.3 is 19.5 Å². The summed E-state index contributed by atoms with van der Waals surface area (Å²) >= 11 is 5.98. The van der Waals surface area contributed by atoms with E-state index in [1.165, 1.54) is 29.6 Å². The smallest absolute Gasteiger partial charge is 0.265 e. The van der Waals surface area contributed by atoms with Gasteiger partial charge in [-0.3, -0.25) is 4.79 Å². The monoisotopic (exact) mass is 468 g/mol. The minimum atomic E-state index is -3.72. The lowest BCUT2D eigenvalue weighted by Crippen LogP contribution is -2.40. The van der Waals surface area contributed by atoms with Crippen molar-refractivity contribution in [3.8, 4) is 11.5 Å². The lowest BCUT2D eigenvalue weighted by atomic mass is 10.2. The van der Waals surface area contributed by atoms with Crippen molar-refractivity contribution in [3.05, 3.63) is 47.5 Å². The highest BCUT2D eigenvalue weighted by molar-refractivity contribution is 7.89. The van der Waals surface area contributed by atoms with Gasteiger partial charge in [-0.2, -0.15) is 4.31 Å². The molecule has 2 aromatic carbocycles. The van der Waals surface area contributed by atoms with E-state index < -0.39 is 22.0 Å². The van der Waals surface area contributed by atoms with E-state index in [4.69, 9.17) is 25.8 Å². The van der Waals surface area contributed by atoms with Crippen molar-refractivity contribution in [2.75, 3.05) is 38.7 Å². The molecule has 0 aromatic heterocycles. The summed E-state index contributed by atoms with van der Waals surface area (Å²) in [5, 5.41) is 3.23. The van der Waals surface area contributed by atoms with Crippen molar-refractivity contribution in [2.45, 2.75) is 24.3 Å². The highest BCUT2D eigenvalue weighted by atomic mass is 35.5. The third kappa shape index (κ3) is 5.68. The van der Waals surface area contributed by atoms with Gasteiger partial charge in [-0.05, 0) is 42.8 Å². The molecule has 0 spiro atoms. The summed E-state index contributed by atoms with van der Waals surface area (Å²) in [5.74, 6) is 0.374. The highest BCUT2D eigenvalue weighted by Crippen LogP contribution is 2.30. The normalized spacial score (nSPS) is 15.8. The number of ether oxygens (including phenoxy) is 3. The number of hydrogen-bond donors (Lipinski definition) is 1. The molecule has 168 valence electrons. The standard InChI is InChI=1S/C21H25ClN2O6S/c1-3-19(30-16-6-4-5-15(22)13-16)21(25)23-18-14-17(7-8-20(18)28-2)31(26,27)24-9-11-29-12-10-24/h4-8,13-14,19H,3,9-12H2,1-2H3,(H,23,25)/t19-/m1/s1. The zero-order valence-electron chi connectivity index (χ0n) is 17.3. The maximum atomic E-state index is 13.0. The number of methoxy groups -OCH3 is 1. The van der Waals surface area contributed by atoms with Crippen LogP contribution in [-0.4, -0.2) is 58.1 Å². The van der Waals surface area contributed by atoms with Crippen molar-refractivity contribution in [1.82, 2.24) is 4.31 Å². The maximum absolute atomic E-state index is 13.0. The Kier molecular flexibility index (Phi) is 7.77. The summed E-state index contributed by atoms with van der Waals surface area (Å²) < 4.78 is 43.6. The molecule has 0 saturated carbocycles. The van der Waals surface area contributed by atoms with Crippen LogP contribution in [0, 0.1) is 0 Å². The van der Waals surface area contributed by atoms with Gasteiger partial charge in [0.05, 0.1) is 30.9 Å². The number of amides is 1. The molecule has 1 atom stereocenters. The number of benzene rings is 2. The van der Waals surface area contributed by atoms with E-state index in [9.17, 15) is 13.2 Å². The van der Waals surface area contributed by atoms with Crippen molar-refractivity contribution in [1.29, 1.82) is 0 Å². The van der Waals surface area contributed by atoms with Crippen LogP contribution in [-0.2, 0) is 19.6 Å². The summed E-state index contributed by atoms with van der Waals surface area (Å²) in [6.45, 7) is 3.06. The first-order chi connectivity index (χ1) is 14.8. The van der Waals surface area contributed by atoms with Gasteiger partial charge in [0, 0.05) is 18.1 Å². The molecular formula is C21H25ClN2O6S. The number of carbonyl (C=O) groups is 1. The van der Waals surface area contributed by atoms with E-state index in [2.05, 4.69) is 5.32 Å². The Morgan fingerprint density at radius 1 is 1.23 bits per heavy atom. The summed E-state index contributed by atoms with van der Waals surface area (Å²) in [6.07, 6.45) is -0.408. The summed E-state index contributed by atoms with van der Waals surface area (Å²) in [5.41, 5.74) is 0.245. The Bertz CT molecular complexity index is 1020. The molecule has 3 rings (SSSR count). The van der Waals surface area contributed by atoms with Gasteiger partial charge >= 0.3 is 0 Å². The molecule has 0 bridgehead atoms. The van der Waals surface area contributed by atoms with Crippen LogP contribution < -0.4 is 14.8 Å².